The molecule has 2 N–H and O–H groups in total. The van der Waals surface area contributed by atoms with Crippen molar-refractivity contribution in [2.45, 2.75) is 25.2 Å². The SMILES string of the molecule is O=C(Nc1ccc(NC(=O)C2CC2)cc1)c1cnn(-c2cccc(C(F)(F)F)c2)c1C(F)(F)F. The molecule has 1 saturated carbocycles. The van der Waals surface area contributed by atoms with E-state index in [-0.39, 0.29) is 22.2 Å². The highest BCUT2D eigenvalue weighted by atomic mass is 19.4. The van der Waals surface area contributed by atoms with Gasteiger partial charge < -0.3 is 10.6 Å². The van der Waals surface area contributed by atoms with Gasteiger partial charge in [0.1, 0.15) is 0 Å². The smallest absolute Gasteiger partial charge is 0.326 e. The molecule has 1 aliphatic carbocycles. The minimum Gasteiger partial charge on any atom is -0.326 e. The van der Waals surface area contributed by atoms with E-state index in [1.165, 1.54) is 24.3 Å². The van der Waals surface area contributed by atoms with E-state index in [0.29, 0.717) is 24.0 Å². The monoisotopic (exact) mass is 482 g/mol. The molecule has 0 bridgehead atoms. The number of aromatic nitrogens is 2. The fourth-order valence-electron chi connectivity index (χ4n) is 3.22. The molecule has 0 atom stereocenters. The lowest BCUT2D eigenvalue weighted by Crippen LogP contribution is -2.21. The summed E-state index contributed by atoms with van der Waals surface area (Å²) in [6.07, 6.45) is -7.59. The lowest BCUT2D eigenvalue weighted by atomic mass is 10.1. The summed E-state index contributed by atoms with van der Waals surface area (Å²) in [6, 6.07) is 8.94. The predicted molar refractivity (Wildman–Crippen MR) is 109 cm³/mol. The first kappa shape index (κ1) is 23.3. The summed E-state index contributed by atoms with van der Waals surface area (Å²) in [5.74, 6) is -1.30. The van der Waals surface area contributed by atoms with E-state index in [2.05, 4.69) is 15.7 Å². The second kappa shape index (κ2) is 8.50. The van der Waals surface area contributed by atoms with Gasteiger partial charge in [0.05, 0.1) is 23.0 Å². The molecule has 1 heterocycles. The Bertz CT molecular complexity index is 1230. The van der Waals surface area contributed by atoms with Gasteiger partial charge in [-0.25, -0.2) is 4.68 Å². The van der Waals surface area contributed by atoms with E-state index in [1.807, 2.05) is 0 Å². The Hall–Kier alpha value is -3.83. The van der Waals surface area contributed by atoms with Crippen LogP contribution in [0.4, 0.5) is 37.7 Å². The van der Waals surface area contributed by atoms with Gasteiger partial charge in [0.2, 0.25) is 5.91 Å². The fraction of sp³-hybridized carbons (Fsp3) is 0.227. The number of carbonyl (C=O) groups excluding carboxylic acids is 2. The number of halogens is 6. The Morgan fingerprint density at radius 1 is 0.882 bits per heavy atom. The minimum absolute atomic E-state index is 0.0199. The highest BCUT2D eigenvalue weighted by molar-refractivity contribution is 6.05. The van der Waals surface area contributed by atoms with Gasteiger partial charge in [-0.15, -0.1) is 0 Å². The molecule has 6 nitrogen and oxygen atoms in total. The average Bonchev–Trinajstić information content (AvgIpc) is 3.51. The minimum atomic E-state index is -5.09. The normalized spacial score (nSPS) is 14.1. The van der Waals surface area contributed by atoms with E-state index in [9.17, 15) is 35.9 Å². The number of hydrogen-bond acceptors (Lipinski definition) is 3. The standard InChI is InChI=1S/C22H16F6N4O2/c23-21(24,25)13-2-1-3-16(10-13)32-18(22(26,27)28)17(11-29-32)20(34)31-15-8-6-14(7-9-15)30-19(33)12-4-5-12/h1-3,6-12H,4-5H2,(H,30,33)(H,31,34). The molecule has 0 radical (unpaired) electrons. The number of rotatable bonds is 5. The molecule has 2 amide bonds. The summed E-state index contributed by atoms with van der Waals surface area (Å²) in [5, 5.41) is 8.52. The van der Waals surface area contributed by atoms with Gasteiger partial charge >= 0.3 is 12.4 Å². The third-order valence-electron chi connectivity index (χ3n) is 5.06. The third-order valence-corrected chi connectivity index (χ3v) is 5.06. The van der Waals surface area contributed by atoms with Gasteiger partial charge in [0.25, 0.3) is 5.91 Å². The number of nitrogens with zero attached hydrogens (tertiary/aromatic N) is 2. The number of benzene rings is 2. The molecule has 1 aromatic heterocycles. The summed E-state index contributed by atoms with van der Waals surface area (Å²) in [5.41, 5.74) is -3.43. The van der Waals surface area contributed by atoms with Crippen molar-refractivity contribution in [3.05, 3.63) is 71.5 Å². The molecule has 178 valence electrons. The maximum Gasteiger partial charge on any atom is 0.434 e. The van der Waals surface area contributed by atoms with E-state index in [1.54, 1.807) is 0 Å². The van der Waals surface area contributed by atoms with Crippen molar-refractivity contribution in [2.75, 3.05) is 10.6 Å². The second-order valence-electron chi connectivity index (χ2n) is 7.66. The molecule has 0 saturated heterocycles. The van der Waals surface area contributed by atoms with E-state index in [4.69, 9.17) is 0 Å². The van der Waals surface area contributed by atoms with E-state index in [0.717, 1.165) is 25.0 Å². The van der Waals surface area contributed by atoms with Crippen molar-refractivity contribution >= 4 is 23.2 Å². The number of hydrogen-bond donors (Lipinski definition) is 2. The van der Waals surface area contributed by atoms with Gasteiger partial charge in [-0.05, 0) is 55.3 Å². The van der Waals surface area contributed by atoms with Crippen LogP contribution in [0.25, 0.3) is 5.69 Å². The van der Waals surface area contributed by atoms with Crippen LogP contribution in [-0.2, 0) is 17.1 Å². The zero-order valence-corrected chi connectivity index (χ0v) is 17.2. The van der Waals surface area contributed by atoms with Crippen molar-refractivity contribution in [2.24, 2.45) is 5.92 Å². The van der Waals surface area contributed by atoms with Crippen LogP contribution >= 0.6 is 0 Å². The zero-order valence-electron chi connectivity index (χ0n) is 17.2. The van der Waals surface area contributed by atoms with Crippen molar-refractivity contribution in [1.29, 1.82) is 0 Å². The molecule has 3 aromatic rings. The van der Waals surface area contributed by atoms with Crippen molar-refractivity contribution in [1.82, 2.24) is 9.78 Å². The Labute approximate surface area is 188 Å². The number of amides is 2. The molecular formula is C22H16F6N4O2. The summed E-state index contributed by atoms with van der Waals surface area (Å²) in [4.78, 5) is 24.4. The molecule has 0 spiro atoms. The average molecular weight is 482 g/mol. The molecule has 0 aliphatic heterocycles. The first-order valence-electron chi connectivity index (χ1n) is 9.98. The number of alkyl halides is 6. The first-order valence-corrected chi connectivity index (χ1v) is 9.98. The fourth-order valence-corrected chi connectivity index (χ4v) is 3.22. The van der Waals surface area contributed by atoms with Crippen LogP contribution in [0.1, 0.15) is 34.5 Å². The summed E-state index contributed by atoms with van der Waals surface area (Å²) in [7, 11) is 0. The summed E-state index contributed by atoms with van der Waals surface area (Å²) in [6.45, 7) is 0. The molecule has 0 unspecified atom stereocenters. The van der Waals surface area contributed by atoms with E-state index < -0.39 is 40.8 Å². The quantitative estimate of drug-likeness (QED) is 0.471. The molecule has 1 fully saturated rings. The van der Waals surface area contributed by atoms with Crippen molar-refractivity contribution in [3.63, 3.8) is 0 Å². The Kier molecular flexibility index (Phi) is 5.84. The van der Waals surface area contributed by atoms with Crippen LogP contribution in [0.15, 0.2) is 54.7 Å². The lowest BCUT2D eigenvalue weighted by molar-refractivity contribution is -0.143. The second-order valence-corrected chi connectivity index (χ2v) is 7.66. The molecule has 1 aliphatic rings. The first-order chi connectivity index (χ1) is 15.9. The van der Waals surface area contributed by atoms with Crippen LogP contribution in [0.2, 0.25) is 0 Å². The molecule has 34 heavy (non-hydrogen) atoms. The van der Waals surface area contributed by atoms with Crippen LogP contribution in [0, 0.1) is 5.92 Å². The summed E-state index contributed by atoms with van der Waals surface area (Å²) < 4.78 is 80.6. The van der Waals surface area contributed by atoms with Crippen LogP contribution in [-0.4, -0.2) is 21.6 Å². The molecule has 4 rings (SSSR count). The van der Waals surface area contributed by atoms with Crippen molar-refractivity contribution < 1.29 is 35.9 Å². The van der Waals surface area contributed by atoms with Gasteiger partial charge in [-0.3, -0.25) is 9.59 Å². The third kappa shape index (κ3) is 5.05. The Balaban J connectivity index is 1.59. The topological polar surface area (TPSA) is 76.0 Å². The summed E-state index contributed by atoms with van der Waals surface area (Å²) >= 11 is 0. The Morgan fingerprint density at radius 3 is 2.06 bits per heavy atom. The number of carbonyl (C=O) groups is 2. The Morgan fingerprint density at radius 2 is 1.50 bits per heavy atom. The van der Waals surface area contributed by atoms with Crippen LogP contribution in [0.3, 0.4) is 0 Å². The highest BCUT2D eigenvalue weighted by Crippen LogP contribution is 2.36. The molecular weight excluding hydrogens is 466 g/mol. The van der Waals surface area contributed by atoms with Crippen LogP contribution < -0.4 is 10.6 Å². The number of anilines is 2. The van der Waals surface area contributed by atoms with E-state index >= 15 is 0 Å². The van der Waals surface area contributed by atoms with Crippen LogP contribution in [0.5, 0.6) is 0 Å². The lowest BCUT2D eigenvalue weighted by Gasteiger charge is -2.14. The largest absolute Gasteiger partial charge is 0.434 e. The van der Waals surface area contributed by atoms with Gasteiger partial charge in [0, 0.05) is 17.3 Å². The van der Waals surface area contributed by atoms with Crippen molar-refractivity contribution in [3.8, 4) is 5.69 Å². The highest BCUT2D eigenvalue weighted by Gasteiger charge is 2.41. The molecule has 2 aromatic carbocycles. The van der Waals surface area contributed by atoms with Gasteiger partial charge in [-0.2, -0.15) is 31.4 Å². The number of nitrogens with one attached hydrogen (secondary N) is 2. The maximum atomic E-state index is 13.8. The molecule has 12 heteroatoms. The maximum absolute atomic E-state index is 13.8. The van der Waals surface area contributed by atoms with Gasteiger partial charge in [-0.1, -0.05) is 6.07 Å². The predicted octanol–water partition coefficient (Wildman–Crippen LogP) is 5.51. The zero-order chi connectivity index (χ0) is 24.7. The van der Waals surface area contributed by atoms with Gasteiger partial charge in [0.15, 0.2) is 5.69 Å².